The molecule has 1 aromatic heterocycles. The predicted octanol–water partition coefficient (Wildman–Crippen LogP) is 4.80. The van der Waals surface area contributed by atoms with Gasteiger partial charge in [-0.1, -0.05) is 48.7 Å². The summed E-state index contributed by atoms with van der Waals surface area (Å²) >= 11 is 0. The number of nitroso groups, excluding NO2 is 1. The fraction of sp³-hybridized carbons (Fsp3) is 0.583. The molecule has 0 bridgehead atoms. The molecule has 0 spiro atoms. The van der Waals surface area contributed by atoms with Crippen molar-refractivity contribution in [2.75, 3.05) is 13.1 Å². The fourth-order valence-corrected chi connectivity index (χ4v) is 5.84. The largest absolute Gasteiger partial charge is 0.342 e. The number of carbonyl (C=O) groups excluding carboxylic acids is 1. The average molecular weight is 407 g/mol. The summed E-state index contributed by atoms with van der Waals surface area (Å²) in [4.78, 5) is 31.1. The zero-order valence-corrected chi connectivity index (χ0v) is 17.4. The Morgan fingerprint density at radius 1 is 1.10 bits per heavy atom. The molecule has 3 heterocycles. The number of likely N-dealkylation sites (tertiary alicyclic amines) is 1. The quantitative estimate of drug-likeness (QED) is 0.670. The van der Waals surface area contributed by atoms with E-state index in [1.807, 2.05) is 23.5 Å². The summed E-state index contributed by atoms with van der Waals surface area (Å²) in [6.07, 6.45) is 11.9. The first kappa shape index (κ1) is 19.5. The summed E-state index contributed by atoms with van der Waals surface area (Å²) in [6.45, 7) is 1.53. The van der Waals surface area contributed by atoms with Gasteiger partial charge < -0.3 is 9.47 Å². The highest BCUT2D eigenvalue weighted by Crippen LogP contribution is 2.43. The third-order valence-corrected chi connectivity index (χ3v) is 7.55. The number of piperidine rings is 1. The van der Waals surface area contributed by atoms with Gasteiger partial charge in [-0.3, -0.25) is 4.79 Å². The predicted molar refractivity (Wildman–Crippen MR) is 116 cm³/mol. The zero-order chi connectivity index (χ0) is 20.5. The molecule has 2 atom stereocenters. The van der Waals surface area contributed by atoms with Crippen LogP contribution in [0.2, 0.25) is 0 Å². The van der Waals surface area contributed by atoms with Gasteiger partial charge in [0.15, 0.2) is 0 Å². The molecule has 1 amide bonds. The van der Waals surface area contributed by atoms with Gasteiger partial charge in [-0.25, -0.2) is 4.98 Å². The Balaban J connectivity index is 1.24. The van der Waals surface area contributed by atoms with Crippen molar-refractivity contribution in [2.24, 2.45) is 17.0 Å². The van der Waals surface area contributed by atoms with Crippen LogP contribution in [0.5, 0.6) is 0 Å². The monoisotopic (exact) mass is 406 g/mol. The molecule has 2 fully saturated rings. The molecule has 1 saturated carbocycles. The van der Waals surface area contributed by atoms with Crippen molar-refractivity contribution in [1.82, 2.24) is 14.5 Å². The lowest BCUT2D eigenvalue weighted by atomic mass is 9.83. The van der Waals surface area contributed by atoms with Crippen LogP contribution in [0.3, 0.4) is 0 Å². The molecular weight excluding hydrogens is 376 g/mol. The van der Waals surface area contributed by atoms with Crippen molar-refractivity contribution in [3.8, 4) is 11.3 Å². The van der Waals surface area contributed by atoms with E-state index in [0.717, 1.165) is 44.5 Å². The van der Waals surface area contributed by atoms with Gasteiger partial charge in [0.1, 0.15) is 0 Å². The Morgan fingerprint density at radius 3 is 2.63 bits per heavy atom. The van der Waals surface area contributed by atoms with Crippen LogP contribution >= 0.6 is 0 Å². The van der Waals surface area contributed by atoms with Crippen LogP contribution < -0.4 is 0 Å². The molecule has 158 valence electrons. The molecule has 1 aromatic carbocycles. The van der Waals surface area contributed by atoms with E-state index in [9.17, 15) is 9.70 Å². The van der Waals surface area contributed by atoms with Gasteiger partial charge in [-0.2, -0.15) is 4.91 Å². The molecule has 2 unspecified atom stereocenters. The highest BCUT2D eigenvalue weighted by Gasteiger charge is 2.36. The number of aromatic nitrogens is 2. The first-order chi connectivity index (χ1) is 14.8. The Morgan fingerprint density at radius 2 is 1.87 bits per heavy atom. The first-order valence-corrected chi connectivity index (χ1v) is 11.5. The minimum atomic E-state index is -0.233. The number of fused-ring (bicyclic) bond motifs is 3. The standard InChI is InChI=1S/C24H30N4O2/c29-24(18-6-2-1-3-7-18)27-12-10-17(11-13-27)21(26-30)14-22-19-8-4-5-9-20(19)23-15-25-16-28(22)23/h4-5,8-9,15-18,21-22H,1-3,6-7,10-14H2. The van der Waals surface area contributed by atoms with Crippen molar-refractivity contribution >= 4 is 5.91 Å². The maximum atomic E-state index is 12.9. The van der Waals surface area contributed by atoms with Crippen molar-refractivity contribution < 1.29 is 4.79 Å². The lowest BCUT2D eigenvalue weighted by Crippen LogP contribution is -2.44. The van der Waals surface area contributed by atoms with Gasteiger partial charge >= 0.3 is 0 Å². The molecule has 3 aliphatic rings. The lowest BCUT2D eigenvalue weighted by Gasteiger charge is -2.37. The Labute approximate surface area is 177 Å². The van der Waals surface area contributed by atoms with E-state index in [1.54, 1.807) is 0 Å². The third kappa shape index (κ3) is 3.46. The van der Waals surface area contributed by atoms with E-state index in [-0.39, 0.29) is 23.9 Å². The zero-order valence-electron chi connectivity index (χ0n) is 17.4. The lowest BCUT2D eigenvalue weighted by molar-refractivity contribution is -0.138. The molecular formula is C24H30N4O2. The van der Waals surface area contributed by atoms with Crippen molar-refractivity contribution in [3.63, 3.8) is 0 Å². The molecule has 1 saturated heterocycles. The van der Waals surface area contributed by atoms with E-state index >= 15 is 0 Å². The highest BCUT2D eigenvalue weighted by atomic mass is 16.3. The minimum absolute atomic E-state index is 0.114. The average Bonchev–Trinajstić information content (AvgIpc) is 3.40. The van der Waals surface area contributed by atoms with Crippen molar-refractivity contribution in [2.45, 2.75) is 63.5 Å². The maximum Gasteiger partial charge on any atom is 0.225 e. The van der Waals surface area contributed by atoms with Gasteiger partial charge in [-0.15, -0.1) is 0 Å². The number of nitrogens with zero attached hydrogens (tertiary/aromatic N) is 4. The third-order valence-electron chi connectivity index (χ3n) is 7.55. The van der Waals surface area contributed by atoms with Gasteiger partial charge in [0.05, 0.1) is 30.3 Å². The molecule has 1 aliphatic carbocycles. The van der Waals surface area contributed by atoms with Gasteiger partial charge in [0, 0.05) is 24.6 Å². The van der Waals surface area contributed by atoms with E-state index in [0.29, 0.717) is 12.3 Å². The van der Waals surface area contributed by atoms with E-state index < -0.39 is 0 Å². The Hall–Kier alpha value is -2.50. The smallest absolute Gasteiger partial charge is 0.225 e. The molecule has 0 radical (unpaired) electrons. The van der Waals surface area contributed by atoms with Crippen LogP contribution in [-0.4, -0.2) is 39.5 Å². The molecule has 6 nitrogen and oxygen atoms in total. The number of imidazole rings is 1. The van der Waals surface area contributed by atoms with Crippen LogP contribution in [-0.2, 0) is 4.79 Å². The van der Waals surface area contributed by atoms with Crippen LogP contribution in [0.1, 0.15) is 63.0 Å². The van der Waals surface area contributed by atoms with Gasteiger partial charge in [-0.05, 0) is 43.6 Å². The van der Waals surface area contributed by atoms with Gasteiger partial charge in [0.2, 0.25) is 5.91 Å². The number of carbonyl (C=O) groups is 1. The summed E-state index contributed by atoms with van der Waals surface area (Å²) in [6, 6.07) is 8.27. The van der Waals surface area contributed by atoms with E-state index in [1.165, 1.54) is 30.4 Å². The Kier molecular flexibility index (Phi) is 5.40. The molecule has 6 heteroatoms. The molecule has 30 heavy (non-hydrogen) atoms. The summed E-state index contributed by atoms with van der Waals surface area (Å²) in [5.41, 5.74) is 3.58. The second-order valence-corrected chi connectivity index (χ2v) is 9.20. The number of benzene rings is 1. The number of hydrogen-bond acceptors (Lipinski definition) is 4. The van der Waals surface area contributed by atoms with Crippen LogP contribution in [0.4, 0.5) is 0 Å². The van der Waals surface area contributed by atoms with Crippen LogP contribution in [0, 0.1) is 16.7 Å². The minimum Gasteiger partial charge on any atom is -0.342 e. The summed E-state index contributed by atoms with van der Waals surface area (Å²) in [7, 11) is 0. The number of hydrogen-bond donors (Lipinski definition) is 0. The second kappa shape index (κ2) is 8.32. The highest BCUT2D eigenvalue weighted by molar-refractivity contribution is 5.79. The van der Waals surface area contributed by atoms with E-state index in [2.05, 4.69) is 32.9 Å². The number of rotatable bonds is 5. The number of amides is 1. The van der Waals surface area contributed by atoms with Crippen molar-refractivity contribution in [3.05, 3.63) is 47.3 Å². The summed E-state index contributed by atoms with van der Waals surface area (Å²) in [5, 5.41) is 3.58. The fourth-order valence-electron chi connectivity index (χ4n) is 5.84. The van der Waals surface area contributed by atoms with Crippen molar-refractivity contribution in [1.29, 1.82) is 0 Å². The maximum absolute atomic E-state index is 12.9. The van der Waals surface area contributed by atoms with Crippen LogP contribution in [0.25, 0.3) is 11.3 Å². The molecule has 2 aromatic rings. The Bertz CT molecular complexity index is 909. The summed E-state index contributed by atoms with van der Waals surface area (Å²) in [5.74, 6) is 0.819. The molecule has 5 rings (SSSR count). The topological polar surface area (TPSA) is 67.6 Å². The normalized spacial score (nSPS) is 23.1. The molecule has 0 N–H and O–H groups in total. The van der Waals surface area contributed by atoms with Crippen LogP contribution in [0.15, 0.2) is 42.0 Å². The molecule has 2 aliphatic heterocycles. The van der Waals surface area contributed by atoms with E-state index in [4.69, 9.17) is 0 Å². The summed E-state index contributed by atoms with van der Waals surface area (Å²) < 4.78 is 2.19. The SMILES string of the molecule is O=NC(CC1c2ccccc2-c2cncn21)C1CCN(C(=O)C2CCCCC2)CC1. The second-order valence-electron chi connectivity index (χ2n) is 9.20. The first-order valence-electron chi connectivity index (χ1n) is 11.5. The van der Waals surface area contributed by atoms with Gasteiger partial charge in [0.25, 0.3) is 0 Å².